The number of carbonyl (C=O) groups excluding carboxylic acids is 1. The smallest absolute Gasteiger partial charge is 0.330 e. The molecule has 0 bridgehead atoms. The first-order valence-electron chi connectivity index (χ1n) is 10.5. The van der Waals surface area contributed by atoms with E-state index >= 15 is 0 Å². The highest BCUT2D eigenvalue weighted by molar-refractivity contribution is 5.94. The van der Waals surface area contributed by atoms with Gasteiger partial charge in [0.15, 0.2) is 0 Å². The van der Waals surface area contributed by atoms with Crippen molar-refractivity contribution in [2.45, 2.75) is 78.3 Å². The van der Waals surface area contributed by atoms with E-state index < -0.39 is 11.2 Å². The van der Waals surface area contributed by atoms with Crippen LogP contribution in [0.25, 0.3) is 0 Å². The van der Waals surface area contributed by atoms with Crippen molar-refractivity contribution in [1.82, 2.24) is 9.55 Å². The Morgan fingerprint density at radius 3 is 2.71 bits per heavy atom. The van der Waals surface area contributed by atoms with E-state index in [4.69, 9.17) is 5.73 Å². The molecule has 1 saturated carbocycles. The number of anilines is 2. The van der Waals surface area contributed by atoms with Crippen LogP contribution in [0.1, 0.15) is 65.7 Å². The predicted molar refractivity (Wildman–Crippen MR) is 113 cm³/mol. The zero-order valence-electron chi connectivity index (χ0n) is 17.3. The molecular formula is C20H35N5O3. The van der Waals surface area contributed by atoms with Crippen LogP contribution in [0.2, 0.25) is 0 Å². The molecule has 0 radical (unpaired) electrons. The molecule has 1 heterocycles. The number of nitrogens with zero attached hydrogens (tertiary/aromatic N) is 1. The molecular weight excluding hydrogens is 358 g/mol. The van der Waals surface area contributed by atoms with Crippen LogP contribution in [0, 0.1) is 11.8 Å². The van der Waals surface area contributed by atoms with Crippen molar-refractivity contribution in [3.8, 4) is 0 Å². The van der Waals surface area contributed by atoms with E-state index in [9.17, 15) is 14.4 Å². The third-order valence-electron chi connectivity index (χ3n) is 5.29. The molecule has 2 unspecified atom stereocenters. The summed E-state index contributed by atoms with van der Waals surface area (Å²) >= 11 is 0. The second-order valence-corrected chi connectivity index (χ2v) is 8.21. The summed E-state index contributed by atoms with van der Waals surface area (Å²) in [6, 6.07) is 0.0228. The highest BCUT2D eigenvalue weighted by atomic mass is 16.2. The van der Waals surface area contributed by atoms with E-state index in [0.29, 0.717) is 25.4 Å². The molecule has 8 nitrogen and oxygen atoms in total. The van der Waals surface area contributed by atoms with Crippen molar-refractivity contribution in [3.05, 3.63) is 20.8 Å². The van der Waals surface area contributed by atoms with Gasteiger partial charge in [0, 0.05) is 25.0 Å². The summed E-state index contributed by atoms with van der Waals surface area (Å²) in [4.78, 5) is 40.1. The number of aromatic nitrogens is 2. The Morgan fingerprint density at radius 1 is 1.32 bits per heavy atom. The molecule has 0 saturated heterocycles. The van der Waals surface area contributed by atoms with Gasteiger partial charge in [-0.25, -0.2) is 4.79 Å². The number of H-pyrrole nitrogens is 1. The number of hydrogen-bond donors (Lipinski definition) is 4. The van der Waals surface area contributed by atoms with E-state index in [1.165, 1.54) is 4.57 Å². The normalized spacial score (nSPS) is 19.6. The maximum absolute atomic E-state index is 12.9. The first-order chi connectivity index (χ1) is 13.3. The molecule has 158 valence electrons. The Balaban J connectivity index is 2.34. The second-order valence-electron chi connectivity index (χ2n) is 8.21. The van der Waals surface area contributed by atoms with Crippen molar-refractivity contribution in [3.63, 3.8) is 0 Å². The average Bonchev–Trinajstić information content (AvgIpc) is 2.63. The Hall–Kier alpha value is -2.09. The SMILES string of the molecule is CCCCn1c(NC(=O)C2CCCC(N)C2)c(NCCC(C)C)c(=O)[nH]c1=O. The van der Waals surface area contributed by atoms with Crippen molar-refractivity contribution in [1.29, 1.82) is 0 Å². The van der Waals surface area contributed by atoms with Gasteiger partial charge in [0.2, 0.25) is 5.91 Å². The molecule has 2 atom stereocenters. The van der Waals surface area contributed by atoms with Crippen LogP contribution in [0.3, 0.4) is 0 Å². The monoisotopic (exact) mass is 393 g/mol. The van der Waals surface area contributed by atoms with Crippen molar-refractivity contribution in [2.75, 3.05) is 17.2 Å². The van der Waals surface area contributed by atoms with Crippen LogP contribution >= 0.6 is 0 Å². The van der Waals surface area contributed by atoms with Gasteiger partial charge < -0.3 is 16.4 Å². The minimum atomic E-state index is -0.503. The third kappa shape index (κ3) is 5.95. The number of amides is 1. The Kier molecular flexibility index (Phi) is 8.29. The molecule has 0 spiro atoms. The average molecular weight is 394 g/mol. The van der Waals surface area contributed by atoms with E-state index in [1.807, 2.05) is 6.92 Å². The topological polar surface area (TPSA) is 122 Å². The zero-order valence-corrected chi connectivity index (χ0v) is 17.3. The fourth-order valence-electron chi connectivity index (χ4n) is 3.57. The molecule has 1 aliphatic rings. The van der Waals surface area contributed by atoms with Crippen LogP contribution in [0.5, 0.6) is 0 Å². The molecule has 1 aliphatic carbocycles. The summed E-state index contributed by atoms with van der Waals surface area (Å²) in [5, 5.41) is 6.02. The maximum atomic E-state index is 12.9. The molecule has 0 aromatic carbocycles. The zero-order chi connectivity index (χ0) is 20.7. The van der Waals surface area contributed by atoms with Gasteiger partial charge in [-0.15, -0.1) is 0 Å². The molecule has 28 heavy (non-hydrogen) atoms. The summed E-state index contributed by atoms with van der Waals surface area (Å²) in [6.45, 7) is 7.25. The van der Waals surface area contributed by atoms with Gasteiger partial charge in [0.05, 0.1) is 0 Å². The van der Waals surface area contributed by atoms with Gasteiger partial charge in [0.1, 0.15) is 11.5 Å². The van der Waals surface area contributed by atoms with E-state index in [0.717, 1.165) is 38.5 Å². The van der Waals surface area contributed by atoms with E-state index in [2.05, 4.69) is 29.5 Å². The minimum Gasteiger partial charge on any atom is -0.378 e. The van der Waals surface area contributed by atoms with Crippen molar-refractivity contribution in [2.24, 2.45) is 17.6 Å². The van der Waals surface area contributed by atoms with Gasteiger partial charge in [-0.1, -0.05) is 33.6 Å². The van der Waals surface area contributed by atoms with Crippen molar-refractivity contribution < 1.29 is 4.79 Å². The fourth-order valence-corrected chi connectivity index (χ4v) is 3.57. The molecule has 1 amide bonds. The summed E-state index contributed by atoms with van der Waals surface area (Å²) < 4.78 is 1.46. The Labute approximate surface area is 166 Å². The summed E-state index contributed by atoms with van der Waals surface area (Å²) in [7, 11) is 0. The first-order valence-corrected chi connectivity index (χ1v) is 10.5. The highest BCUT2D eigenvalue weighted by Gasteiger charge is 2.27. The van der Waals surface area contributed by atoms with Gasteiger partial charge >= 0.3 is 5.69 Å². The fraction of sp³-hybridized carbons (Fsp3) is 0.750. The van der Waals surface area contributed by atoms with Gasteiger partial charge in [-0.3, -0.25) is 19.1 Å². The number of nitrogens with two attached hydrogens (primary N) is 1. The lowest BCUT2D eigenvalue weighted by atomic mass is 9.85. The number of nitrogens with one attached hydrogen (secondary N) is 3. The number of aromatic amines is 1. The van der Waals surface area contributed by atoms with E-state index in [1.54, 1.807) is 0 Å². The Bertz CT molecular complexity index is 768. The number of carbonyl (C=O) groups is 1. The van der Waals surface area contributed by atoms with Crippen LogP contribution < -0.4 is 27.6 Å². The highest BCUT2D eigenvalue weighted by Crippen LogP contribution is 2.25. The lowest BCUT2D eigenvalue weighted by Crippen LogP contribution is -2.38. The van der Waals surface area contributed by atoms with Crippen LogP contribution in [0.15, 0.2) is 9.59 Å². The second kappa shape index (κ2) is 10.5. The largest absolute Gasteiger partial charge is 0.378 e. The maximum Gasteiger partial charge on any atom is 0.330 e. The third-order valence-corrected chi connectivity index (χ3v) is 5.29. The number of rotatable bonds is 9. The number of hydrogen-bond acceptors (Lipinski definition) is 5. The quantitative estimate of drug-likeness (QED) is 0.512. The molecule has 1 fully saturated rings. The molecule has 8 heteroatoms. The standard InChI is InChI=1S/C20H35N5O3/c1-4-5-11-25-17(23-18(26)14-7-6-8-15(21)12-14)16(19(27)24-20(25)28)22-10-9-13(2)3/h13-15,22H,4-12,21H2,1-3H3,(H,23,26)(H,24,27,28). The van der Waals surface area contributed by atoms with Gasteiger partial charge in [-0.2, -0.15) is 0 Å². The lowest BCUT2D eigenvalue weighted by molar-refractivity contribution is -0.120. The molecule has 1 aromatic rings. The first kappa shape index (κ1) is 22.2. The predicted octanol–water partition coefficient (Wildman–Crippen LogP) is 2.25. The molecule has 5 N–H and O–H groups in total. The Morgan fingerprint density at radius 2 is 2.07 bits per heavy atom. The van der Waals surface area contributed by atoms with Crippen LogP contribution in [-0.2, 0) is 11.3 Å². The van der Waals surface area contributed by atoms with Crippen molar-refractivity contribution >= 4 is 17.4 Å². The minimum absolute atomic E-state index is 0.0228. The number of unbranched alkanes of at least 4 members (excludes halogenated alkanes) is 1. The summed E-state index contributed by atoms with van der Waals surface area (Å²) in [5.41, 5.74) is 5.28. The van der Waals surface area contributed by atoms with Gasteiger partial charge in [0.25, 0.3) is 5.56 Å². The molecule has 2 rings (SSSR count). The summed E-state index contributed by atoms with van der Waals surface area (Å²) in [5.74, 6) is 0.382. The molecule has 0 aliphatic heterocycles. The van der Waals surface area contributed by atoms with Crippen LogP contribution in [-0.4, -0.2) is 28.0 Å². The lowest BCUT2D eigenvalue weighted by Gasteiger charge is -2.26. The molecule has 1 aromatic heterocycles. The van der Waals surface area contributed by atoms with Crippen LogP contribution in [0.4, 0.5) is 11.5 Å². The summed E-state index contributed by atoms with van der Waals surface area (Å²) in [6.07, 6.45) is 5.79. The van der Waals surface area contributed by atoms with E-state index in [-0.39, 0.29) is 29.4 Å². The van der Waals surface area contributed by atoms with Gasteiger partial charge in [-0.05, 0) is 38.0 Å².